The first-order valence-corrected chi connectivity index (χ1v) is 8.37. The summed E-state index contributed by atoms with van der Waals surface area (Å²) in [7, 11) is 0. The van der Waals surface area contributed by atoms with E-state index in [-0.39, 0.29) is 12.3 Å². The maximum absolute atomic E-state index is 11.9. The molecule has 4 amide bonds. The Balaban J connectivity index is 1.70. The molecule has 25 heavy (non-hydrogen) atoms. The van der Waals surface area contributed by atoms with Crippen LogP contribution in [-0.2, 0) is 4.79 Å². The Bertz CT molecular complexity index is 620. The normalized spacial score (nSPS) is 14.2. The van der Waals surface area contributed by atoms with Gasteiger partial charge in [-0.2, -0.15) is 0 Å². The minimum atomic E-state index is -0.991. The quantitative estimate of drug-likeness (QED) is 0.593. The van der Waals surface area contributed by atoms with Crippen molar-refractivity contribution in [2.45, 2.75) is 32.1 Å². The van der Waals surface area contributed by atoms with Crippen molar-refractivity contribution in [3.8, 4) is 5.75 Å². The number of nitrogens with one attached hydrogen (secondary N) is 2. The zero-order chi connectivity index (χ0) is 18.1. The van der Waals surface area contributed by atoms with Crippen molar-refractivity contribution < 1.29 is 24.2 Å². The zero-order valence-electron chi connectivity index (χ0n) is 14.0. The highest BCUT2D eigenvalue weighted by Crippen LogP contribution is 2.23. The van der Waals surface area contributed by atoms with E-state index < -0.39 is 12.1 Å². The van der Waals surface area contributed by atoms with E-state index in [2.05, 4.69) is 10.6 Å². The second-order valence-electron chi connectivity index (χ2n) is 5.75. The largest absolute Gasteiger partial charge is 0.494 e. The summed E-state index contributed by atoms with van der Waals surface area (Å²) < 4.78 is 5.70. The van der Waals surface area contributed by atoms with Gasteiger partial charge in [-0.15, -0.1) is 0 Å². The smallest absolute Gasteiger partial charge is 0.404 e. The van der Waals surface area contributed by atoms with Crippen LogP contribution in [0.5, 0.6) is 5.75 Å². The predicted octanol–water partition coefficient (Wildman–Crippen LogP) is 2.34. The van der Waals surface area contributed by atoms with Crippen LogP contribution < -0.4 is 20.3 Å². The number of nitrogens with zero attached hydrogens (tertiary/aromatic N) is 1. The molecular weight excluding hydrogens is 326 g/mol. The molecular formula is C17H23N3O5. The van der Waals surface area contributed by atoms with Gasteiger partial charge in [0.2, 0.25) is 5.91 Å². The molecule has 0 bridgehead atoms. The number of carbonyl (C=O) groups is 3. The monoisotopic (exact) mass is 349 g/mol. The summed E-state index contributed by atoms with van der Waals surface area (Å²) in [6.07, 6.45) is 2.87. The summed E-state index contributed by atoms with van der Waals surface area (Å²) in [6.45, 7) is 1.39. The Hall–Kier alpha value is -2.77. The van der Waals surface area contributed by atoms with Crippen molar-refractivity contribution >= 4 is 23.7 Å². The Morgan fingerprint density at radius 3 is 2.80 bits per heavy atom. The molecule has 1 aliphatic rings. The van der Waals surface area contributed by atoms with E-state index in [1.807, 2.05) is 12.1 Å². The van der Waals surface area contributed by atoms with Crippen LogP contribution in [0.1, 0.15) is 32.1 Å². The molecule has 1 aromatic rings. The molecule has 3 N–H and O–H groups in total. The van der Waals surface area contributed by atoms with Crippen LogP contribution in [0.4, 0.5) is 15.3 Å². The van der Waals surface area contributed by atoms with Gasteiger partial charge in [-0.3, -0.25) is 15.0 Å². The molecule has 0 saturated carbocycles. The van der Waals surface area contributed by atoms with Gasteiger partial charge in [0.15, 0.2) is 0 Å². The number of carbonyl (C=O) groups excluding carboxylic acids is 2. The van der Waals surface area contributed by atoms with Crippen LogP contribution in [0, 0.1) is 0 Å². The molecule has 0 radical (unpaired) electrons. The average Bonchev–Trinajstić information content (AvgIpc) is 2.57. The van der Waals surface area contributed by atoms with E-state index in [0.717, 1.165) is 25.7 Å². The van der Waals surface area contributed by atoms with E-state index in [1.54, 1.807) is 12.1 Å². The van der Waals surface area contributed by atoms with E-state index >= 15 is 0 Å². The van der Waals surface area contributed by atoms with E-state index in [4.69, 9.17) is 9.84 Å². The molecule has 0 aromatic heterocycles. The average molecular weight is 349 g/mol. The second-order valence-corrected chi connectivity index (χ2v) is 5.75. The molecule has 0 atom stereocenters. The number of anilines is 1. The molecule has 0 unspecified atom stereocenters. The first-order chi connectivity index (χ1) is 12.1. The van der Waals surface area contributed by atoms with E-state index in [1.165, 1.54) is 4.90 Å². The lowest BCUT2D eigenvalue weighted by atomic mass is 10.2. The summed E-state index contributed by atoms with van der Waals surface area (Å²) in [5, 5.41) is 13.1. The second kappa shape index (κ2) is 9.51. The van der Waals surface area contributed by atoms with Crippen molar-refractivity contribution in [3.63, 3.8) is 0 Å². The first-order valence-electron chi connectivity index (χ1n) is 8.37. The van der Waals surface area contributed by atoms with Crippen LogP contribution in [0.3, 0.4) is 0 Å². The third kappa shape index (κ3) is 6.33. The Morgan fingerprint density at radius 2 is 2.04 bits per heavy atom. The fraction of sp³-hybridized carbons (Fsp3) is 0.471. The maximum Gasteiger partial charge on any atom is 0.404 e. The number of hydrogen-bond donors (Lipinski definition) is 3. The molecule has 8 heteroatoms. The number of hydrogen-bond acceptors (Lipinski definition) is 4. The fourth-order valence-electron chi connectivity index (χ4n) is 2.52. The fourth-order valence-corrected chi connectivity index (χ4v) is 2.52. The van der Waals surface area contributed by atoms with Gasteiger partial charge < -0.3 is 15.2 Å². The summed E-state index contributed by atoms with van der Waals surface area (Å²) in [4.78, 5) is 34.9. The SMILES string of the molecule is O=C(O)NCCCCCCOc1cccc(N2CCC(=O)NC2=O)c1. The lowest BCUT2D eigenvalue weighted by Crippen LogP contribution is -2.49. The molecule has 1 aromatic carbocycles. The summed E-state index contributed by atoms with van der Waals surface area (Å²) >= 11 is 0. The Morgan fingerprint density at radius 1 is 1.24 bits per heavy atom. The molecule has 1 fully saturated rings. The zero-order valence-corrected chi connectivity index (χ0v) is 14.0. The van der Waals surface area contributed by atoms with Crippen molar-refractivity contribution in [1.29, 1.82) is 0 Å². The topological polar surface area (TPSA) is 108 Å². The molecule has 1 heterocycles. The molecule has 1 saturated heterocycles. The molecule has 1 aliphatic heterocycles. The van der Waals surface area contributed by atoms with Gasteiger partial charge in [0.25, 0.3) is 0 Å². The highest BCUT2D eigenvalue weighted by molar-refractivity contribution is 6.05. The third-order valence-electron chi connectivity index (χ3n) is 3.80. The molecule has 0 aliphatic carbocycles. The number of amides is 4. The van der Waals surface area contributed by atoms with Gasteiger partial charge >= 0.3 is 12.1 Å². The summed E-state index contributed by atoms with van der Waals surface area (Å²) in [5.74, 6) is 0.418. The minimum Gasteiger partial charge on any atom is -0.494 e. The van der Waals surface area contributed by atoms with Gasteiger partial charge in [-0.05, 0) is 25.0 Å². The summed E-state index contributed by atoms with van der Waals surface area (Å²) in [6, 6.07) is 6.81. The Labute approximate surface area is 146 Å². The number of ether oxygens (including phenoxy) is 1. The number of unbranched alkanes of at least 4 members (excludes halogenated alkanes) is 3. The van der Waals surface area contributed by atoms with Crippen molar-refractivity contribution in [2.75, 3.05) is 24.6 Å². The number of carboxylic acid groups (broad SMARTS) is 1. The van der Waals surface area contributed by atoms with Crippen molar-refractivity contribution in [1.82, 2.24) is 10.6 Å². The van der Waals surface area contributed by atoms with Crippen LogP contribution in [0.2, 0.25) is 0 Å². The standard InChI is InChI=1S/C17H23N3O5/c21-15-8-10-20(16(22)19-15)13-6-5-7-14(12-13)25-11-4-2-1-3-9-18-17(23)24/h5-7,12,18H,1-4,8-11H2,(H,23,24)(H,19,21,22). The maximum atomic E-state index is 11.9. The van der Waals surface area contributed by atoms with Crippen molar-refractivity contribution in [3.05, 3.63) is 24.3 Å². The lowest BCUT2D eigenvalue weighted by Gasteiger charge is -2.26. The number of urea groups is 1. The van der Waals surface area contributed by atoms with Crippen molar-refractivity contribution in [2.24, 2.45) is 0 Å². The minimum absolute atomic E-state index is 0.257. The summed E-state index contributed by atoms with van der Waals surface area (Å²) in [5.41, 5.74) is 0.697. The number of rotatable bonds is 9. The molecule has 8 nitrogen and oxygen atoms in total. The molecule has 2 rings (SSSR count). The lowest BCUT2D eigenvalue weighted by molar-refractivity contribution is -0.120. The van der Waals surface area contributed by atoms with Crippen LogP contribution in [0.25, 0.3) is 0 Å². The molecule has 136 valence electrons. The van der Waals surface area contributed by atoms with E-state index in [9.17, 15) is 14.4 Å². The van der Waals surface area contributed by atoms with Gasteiger partial charge in [0.05, 0.1) is 6.61 Å². The van der Waals surface area contributed by atoms with Gasteiger partial charge in [-0.1, -0.05) is 18.9 Å². The Kier molecular flexibility index (Phi) is 7.06. The third-order valence-corrected chi connectivity index (χ3v) is 3.80. The number of imide groups is 1. The number of benzene rings is 1. The van der Waals surface area contributed by atoms with Crippen LogP contribution in [0.15, 0.2) is 24.3 Å². The van der Waals surface area contributed by atoms with Crippen LogP contribution >= 0.6 is 0 Å². The van der Waals surface area contributed by atoms with E-state index in [0.29, 0.717) is 31.1 Å². The van der Waals surface area contributed by atoms with Gasteiger partial charge in [0, 0.05) is 31.3 Å². The first kappa shape index (κ1) is 18.6. The van der Waals surface area contributed by atoms with Gasteiger partial charge in [-0.25, -0.2) is 9.59 Å². The predicted molar refractivity (Wildman–Crippen MR) is 91.9 cm³/mol. The highest BCUT2D eigenvalue weighted by Gasteiger charge is 2.24. The van der Waals surface area contributed by atoms with Gasteiger partial charge in [0.1, 0.15) is 5.75 Å². The molecule has 0 spiro atoms. The highest BCUT2D eigenvalue weighted by atomic mass is 16.5. The van der Waals surface area contributed by atoms with Crippen LogP contribution in [-0.4, -0.2) is 42.8 Å².